The van der Waals surface area contributed by atoms with Crippen LogP contribution in [0.5, 0.6) is 0 Å². The van der Waals surface area contributed by atoms with E-state index >= 15 is 0 Å². The summed E-state index contributed by atoms with van der Waals surface area (Å²) in [5.74, 6) is -0.850. The zero-order chi connectivity index (χ0) is 54.3. The maximum atomic E-state index is 12.9. The van der Waals surface area contributed by atoms with Crippen molar-refractivity contribution in [3.8, 4) is 0 Å². The quantitative estimate of drug-likeness (QED) is 0.0261. The van der Waals surface area contributed by atoms with Crippen LogP contribution in [0.2, 0.25) is 0 Å². The van der Waals surface area contributed by atoms with E-state index in [1.165, 1.54) is 231 Å². The van der Waals surface area contributed by atoms with E-state index in [4.69, 9.17) is 14.2 Å². The van der Waals surface area contributed by atoms with Gasteiger partial charge in [0, 0.05) is 19.3 Å². The maximum absolute atomic E-state index is 12.9. The number of esters is 3. The van der Waals surface area contributed by atoms with E-state index in [0.29, 0.717) is 19.3 Å². The molecule has 0 rings (SSSR count). The highest BCUT2D eigenvalue weighted by Crippen LogP contribution is 2.18. The fraction of sp³-hybridized carbons (Fsp3) is 0.841. The summed E-state index contributed by atoms with van der Waals surface area (Å²) >= 11 is 0. The van der Waals surface area contributed by atoms with Crippen molar-refractivity contribution in [2.75, 3.05) is 13.2 Å². The van der Waals surface area contributed by atoms with Crippen molar-refractivity contribution in [2.24, 2.45) is 0 Å². The minimum absolute atomic E-state index is 0.0689. The number of hydrogen-bond donors (Lipinski definition) is 0. The molecule has 0 radical (unpaired) electrons. The molecule has 438 valence electrons. The zero-order valence-electron chi connectivity index (χ0n) is 50.3. The standard InChI is InChI=1S/C69H126O6/c1-4-7-10-13-16-19-22-24-26-28-30-32-34-36-38-40-42-44-47-50-53-56-59-62-68(71)74-65-66(64-73-67(70)61-58-55-52-49-46-21-18-15-12-9-6-3)75-69(72)63-60-57-54-51-48-45-43-41-39-37-35-33-31-29-27-25-23-20-17-14-11-8-5-2/h7,10,16,19,24,26,30,32,66H,4-6,8-9,11-15,17-18,20-23,25,27-29,31,33-65H2,1-3H3/b10-7-,19-16-,26-24-,32-30-. The van der Waals surface area contributed by atoms with Crippen molar-refractivity contribution in [3.05, 3.63) is 48.6 Å². The summed E-state index contributed by atoms with van der Waals surface area (Å²) in [5.41, 5.74) is 0. The molecule has 0 spiro atoms. The summed E-state index contributed by atoms with van der Waals surface area (Å²) in [7, 11) is 0. The molecular formula is C69H126O6. The Labute approximate surface area is 467 Å². The molecule has 0 aliphatic carbocycles. The summed E-state index contributed by atoms with van der Waals surface area (Å²) in [6.07, 6.45) is 79.9. The monoisotopic (exact) mass is 1050 g/mol. The van der Waals surface area contributed by atoms with E-state index in [9.17, 15) is 14.4 Å². The molecule has 6 heteroatoms. The summed E-state index contributed by atoms with van der Waals surface area (Å²) in [6.45, 7) is 6.58. The van der Waals surface area contributed by atoms with E-state index in [1.807, 2.05) is 0 Å². The van der Waals surface area contributed by atoms with Crippen LogP contribution in [0.25, 0.3) is 0 Å². The van der Waals surface area contributed by atoms with Gasteiger partial charge in [-0.2, -0.15) is 0 Å². The molecule has 75 heavy (non-hydrogen) atoms. The summed E-state index contributed by atoms with van der Waals surface area (Å²) in [4.78, 5) is 38.3. The van der Waals surface area contributed by atoms with Gasteiger partial charge < -0.3 is 14.2 Å². The summed E-state index contributed by atoms with van der Waals surface area (Å²) in [5, 5.41) is 0. The molecule has 1 unspecified atom stereocenters. The van der Waals surface area contributed by atoms with Crippen LogP contribution >= 0.6 is 0 Å². The van der Waals surface area contributed by atoms with Crippen molar-refractivity contribution in [3.63, 3.8) is 0 Å². The molecule has 0 N–H and O–H groups in total. The number of ether oxygens (including phenoxy) is 3. The van der Waals surface area contributed by atoms with Gasteiger partial charge >= 0.3 is 17.9 Å². The smallest absolute Gasteiger partial charge is 0.306 e. The molecule has 0 aliphatic rings. The lowest BCUT2D eigenvalue weighted by Gasteiger charge is -2.18. The molecule has 0 saturated carbocycles. The lowest BCUT2D eigenvalue weighted by atomic mass is 10.0. The normalized spacial score (nSPS) is 12.3. The summed E-state index contributed by atoms with van der Waals surface area (Å²) in [6, 6.07) is 0. The van der Waals surface area contributed by atoms with Crippen LogP contribution in [0.1, 0.15) is 355 Å². The SMILES string of the molecule is CC/C=C\C/C=C\C/C=C\C/C=C\CCCCCCCCCCCCC(=O)OCC(COC(=O)CCCCCCCCCCCCC)OC(=O)CCCCCCCCCCCCCCCCCCCCCCCCC. The Morgan fingerprint density at radius 2 is 0.520 bits per heavy atom. The van der Waals surface area contributed by atoms with Gasteiger partial charge in [0.1, 0.15) is 13.2 Å². The fourth-order valence-corrected chi connectivity index (χ4v) is 9.91. The predicted molar refractivity (Wildman–Crippen MR) is 325 cm³/mol. The van der Waals surface area contributed by atoms with Gasteiger partial charge in [-0.15, -0.1) is 0 Å². The first-order chi connectivity index (χ1) is 37.0. The second-order valence-electron chi connectivity index (χ2n) is 22.4. The van der Waals surface area contributed by atoms with Gasteiger partial charge in [0.15, 0.2) is 6.10 Å². The Kier molecular flexibility index (Phi) is 61.7. The van der Waals surface area contributed by atoms with Gasteiger partial charge in [-0.25, -0.2) is 0 Å². The molecule has 0 saturated heterocycles. The van der Waals surface area contributed by atoms with Gasteiger partial charge in [0.2, 0.25) is 0 Å². The number of allylic oxidation sites excluding steroid dienone is 8. The third-order valence-corrected chi connectivity index (χ3v) is 14.8. The Bertz CT molecular complexity index is 1300. The van der Waals surface area contributed by atoms with Gasteiger partial charge in [-0.1, -0.05) is 326 Å². The van der Waals surface area contributed by atoms with Crippen LogP contribution in [0.15, 0.2) is 48.6 Å². The predicted octanol–water partition coefficient (Wildman–Crippen LogP) is 22.6. The van der Waals surface area contributed by atoms with E-state index < -0.39 is 6.10 Å². The van der Waals surface area contributed by atoms with Crippen LogP contribution in [0.3, 0.4) is 0 Å². The average molecular weight is 1050 g/mol. The molecule has 0 aromatic carbocycles. The maximum Gasteiger partial charge on any atom is 0.306 e. The Morgan fingerprint density at radius 3 is 0.813 bits per heavy atom. The van der Waals surface area contributed by atoms with Crippen LogP contribution < -0.4 is 0 Å². The molecule has 6 nitrogen and oxygen atoms in total. The molecule has 0 heterocycles. The molecule has 1 atom stereocenters. The van der Waals surface area contributed by atoms with Crippen molar-refractivity contribution in [1.29, 1.82) is 0 Å². The molecule has 0 aromatic rings. The summed E-state index contributed by atoms with van der Waals surface area (Å²) < 4.78 is 16.9. The number of hydrogen-bond acceptors (Lipinski definition) is 6. The second kappa shape index (κ2) is 63.9. The lowest BCUT2D eigenvalue weighted by Crippen LogP contribution is -2.30. The number of carbonyl (C=O) groups excluding carboxylic acids is 3. The van der Waals surface area contributed by atoms with Crippen molar-refractivity contribution < 1.29 is 28.6 Å². The number of carbonyl (C=O) groups is 3. The zero-order valence-corrected chi connectivity index (χ0v) is 50.3. The van der Waals surface area contributed by atoms with Gasteiger partial charge in [-0.3, -0.25) is 14.4 Å². The van der Waals surface area contributed by atoms with E-state index in [0.717, 1.165) is 83.5 Å². The first-order valence-corrected chi connectivity index (χ1v) is 33.1. The molecule has 0 aromatic heterocycles. The van der Waals surface area contributed by atoms with Crippen LogP contribution in [-0.2, 0) is 28.6 Å². The third kappa shape index (κ3) is 62.1. The third-order valence-electron chi connectivity index (χ3n) is 14.8. The van der Waals surface area contributed by atoms with Crippen molar-refractivity contribution >= 4 is 17.9 Å². The first kappa shape index (κ1) is 72.4. The minimum Gasteiger partial charge on any atom is -0.462 e. The highest BCUT2D eigenvalue weighted by molar-refractivity contribution is 5.71. The molecular weight excluding hydrogens is 925 g/mol. The van der Waals surface area contributed by atoms with Crippen LogP contribution in [0, 0.1) is 0 Å². The molecule has 0 aliphatic heterocycles. The van der Waals surface area contributed by atoms with Crippen molar-refractivity contribution in [1.82, 2.24) is 0 Å². The Hall–Kier alpha value is -2.63. The van der Waals surface area contributed by atoms with Gasteiger partial charge in [0.25, 0.3) is 0 Å². The van der Waals surface area contributed by atoms with Crippen LogP contribution in [-0.4, -0.2) is 37.2 Å². The van der Waals surface area contributed by atoms with E-state index in [2.05, 4.69) is 69.4 Å². The lowest BCUT2D eigenvalue weighted by molar-refractivity contribution is -0.167. The van der Waals surface area contributed by atoms with Crippen molar-refractivity contribution in [2.45, 2.75) is 361 Å². The molecule has 0 amide bonds. The Balaban J connectivity index is 4.22. The molecule has 0 bridgehead atoms. The topological polar surface area (TPSA) is 78.9 Å². The number of unbranched alkanes of at least 4 members (excludes halogenated alkanes) is 42. The fourth-order valence-electron chi connectivity index (χ4n) is 9.91. The van der Waals surface area contributed by atoms with E-state index in [1.54, 1.807) is 0 Å². The van der Waals surface area contributed by atoms with Gasteiger partial charge in [-0.05, 0) is 57.8 Å². The average Bonchev–Trinajstić information content (AvgIpc) is 3.41. The van der Waals surface area contributed by atoms with E-state index in [-0.39, 0.29) is 31.1 Å². The van der Waals surface area contributed by atoms with Gasteiger partial charge in [0.05, 0.1) is 0 Å². The van der Waals surface area contributed by atoms with Crippen LogP contribution in [0.4, 0.5) is 0 Å². The Morgan fingerprint density at radius 1 is 0.280 bits per heavy atom. The largest absolute Gasteiger partial charge is 0.462 e. The minimum atomic E-state index is -0.771. The highest BCUT2D eigenvalue weighted by atomic mass is 16.6. The first-order valence-electron chi connectivity index (χ1n) is 33.1. The second-order valence-corrected chi connectivity index (χ2v) is 22.4. The molecule has 0 fully saturated rings. The highest BCUT2D eigenvalue weighted by Gasteiger charge is 2.19. The number of rotatable bonds is 61.